The van der Waals surface area contributed by atoms with Gasteiger partial charge >= 0.3 is 6.18 Å². The summed E-state index contributed by atoms with van der Waals surface area (Å²) in [5.74, 6) is -2.05. The van der Waals surface area contributed by atoms with E-state index in [1.165, 1.54) is 0 Å². The monoisotopic (exact) mass is 276 g/mol. The highest BCUT2D eigenvalue weighted by Gasteiger charge is 2.40. The summed E-state index contributed by atoms with van der Waals surface area (Å²) in [7, 11) is 0. The number of ketones is 1. The van der Waals surface area contributed by atoms with Gasteiger partial charge in [0.2, 0.25) is 0 Å². The molecule has 15 heavy (non-hydrogen) atoms. The summed E-state index contributed by atoms with van der Waals surface area (Å²) >= 11 is 16.4. The zero-order valence-corrected chi connectivity index (χ0v) is 9.10. The first-order chi connectivity index (χ1) is 6.73. The lowest BCUT2D eigenvalue weighted by molar-refractivity contribution is -0.0885. The van der Waals surface area contributed by atoms with Crippen molar-refractivity contribution < 1.29 is 18.0 Å². The zero-order chi connectivity index (χ0) is 11.8. The second-order valence-corrected chi connectivity index (χ2v) is 3.79. The molecule has 1 aromatic carbocycles. The second-order valence-electron chi connectivity index (χ2n) is 2.57. The van der Waals surface area contributed by atoms with Crippen LogP contribution in [0, 0.1) is 0 Å². The van der Waals surface area contributed by atoms with Gasteiger partial charge in [-0.3, -0.25) is 4.79 Å². The molecule has 0 radical (unpaired) electrons. The molecule has 82 valence electrons. The van der Waals surface area contributed by atoms with Crippen LogP contribution in [-0.4, -0.2) is 12.0 Å². The van der Waals surface area contributed by atoms with E-state index in [4.69, 9.17) is 34.8 Å². The molecule has 0 bridgehead atoms. The molecule has 0 aliphatic heterocycles. The molecule has 0 heterocycles. The Labute approximate surface area is 97.7 Å². The molecule has 0 saturated heterocycles. The maximum Gasteiger partial charge on any atom is 0.454 e. The third-order valence-electron chi connectivity index (χ3n) is 1.51. The summed E-state index contributed by atoms with van der Waals surface area (Å²) in [6, 6.07) is 1.78. The Bertz CT molecular complexity index is 414. The van der Waals surface area contributed by atoms with Crippen LogP contribution < -0.4 is 0 Å². The molecule has 1 aromatic rings. The van der Waals surface area contributed by atoms with Crippen molar-refractivity contribution in [2.45, 2.75) is 6.18 Å². The van der Waals surface area contributed by atoms with E-state index in [1.807, 2.05) is 0 Å². The minimum atomic E-state index is -4.99. The lowest BCUT2D eigenvalue weighted by Gasteiger charge is -2.07. The van der Waals surface area contributed by atoms with Crippen LogP contribution in [0.3, 0.4) is 0 Å². The van der Waals surface area contributed by atoms with Gasteiger partial charge < -0.3 is 0 Å². The molecule has 0 saturated carbocycles. The molecular weight excluding hydrogens is 275 g/mol. The second kappa shape index (κ2) is 4.20. The van der Waals surface area contributed by atoms with Crippen LogP contribution in [0.5, 0.6) is 0 Å². The van der Waals surface area contributed by atoms with Crippen molar-refractivity contribution in [3.05, 3.63) is 32.8 Å². The maximum absolute atomic E-state index is 12.1. The molecule has 0 aromatic heterocycles. The molecular formula is C8H2Cl3F3O. The summed E-state index contributed by atoms with van der Waals surface area (Å²) < 4.78 is 36.2. The van der Waals surface area contributed by atoms with Crippen LogP contribution in [0.2, 0.25) is 15.1 Å². The first kappa shape index (κ1) is 12.6. The molecule has 0 aliphatic rings. The fraction of sp³-hybridized carbons (Fsp3) is 0.125. The normalized spacial score (nSPS) is 11.6. The van der Waals surface area contributed by atoms with E-state index < -0.39 is 17.5 Å². The number of carbonyl (C=O) groups is 1. The molecule has 0 N–H and O–H groups in total. The maximum atomic E-state index is 12.1. The topological polar surface area (TPSA) is 17.1 Å². The number of Topliss-reactive ketones (excluding diaryl/α,β-unsaturated/α-hetero) is 1. The lowest BCUT2D eigenvalue weighted by atomic mass is 10.1. The standard InChI is InChI=1S/C8H2Cl3F3O/c9-4-2-6(11)5(10)1-3(4)7(15)8(12,13)14/h1-2H. The molecule has 0 aliphatic carbocycles. The lowest BCUT2D eigenvalue weighted by Crippen LogP contribution is -2.23. The van der Waals surface area contributed by atoms with E-state index >= 15 is 0 Å². The van der Waals surface area contributed by atoms with Gasteiger partial charge in [-0.1, -0.05) is 34.8 Å². The van der Waals surface area contributed by atoms with Crippen molar-refractivity contribution in [3.8, 4) is 0 Å². The van der Waals surface area contributed by atoms with E-state index in [2.05, 4.69) is 0 Å². The quantitative estimate of drug-likeness (QED) is 0.549. The van der Waals surface area contributed by atoms with Gasteiger partial charge in [-0.05, 0) is 12.1 Å². The first-order valence-corrected chi connectivity index (χ1v) is 4.63. The van der Waals surface area contributed by atoms with Crippen LogP contribution in [0.25, 0.3) is 0 Å². The van der Waals surface area contributed by atoms with Crippen LogP contribution in [-0.2, 0) is 0 Å². The molecule has 0 fully saturated rings. The largest absolute Gasteiger partial charge is 0.454 e. The van der Waals surface area contributed by atoms with Crippen LogP contribution in [0.1, 0.15) is 10.4 Å². The summed E-state index contributed by atoms with van der Waals surface area (Å²) in [5.41, 5.74) is -0.710. The Balaban J connectivity index is 3.28. The van der Waals surface area contributed by atoms with Crippen molar-refractivity contribution >= 4 is 40.6 Å². The SMILES string of the molecule is O=C(c1cc(Cl)c(Cl)cc1Cl)C(F)(F)F. The summed E-state index contributed by atoms with van der Waals surface area (Å²) in [6.45, 7) is 0. The Kier molecular flexibility index (Phi) is 3.53. The highest BCUT2D eigenvalue weighted by molar-refractivity contribution is 6.44. The highest BCUT2D eigenvalue weighted by atomic mass is 35.5. The molecule has 1 nitrogen and oxygen atoms in total. The Morgan fingerprint density at radius 1 is 1.00 bits per heavy atom. The molecule has 7 heteroatoms. The van der Waals surface area contributed by atoms with Crippen molar-refractivity contribution in [1.82, 2.24) is 0 Å². The van der Waals surface area contributed by atoms with E-state index in [-0.39, 0.29) is 15.1 Å². The van der Waals surface area contributed by atoms with E-state index in [0.29, 0.717) is 0 Å². The van der Waals surface area contributed by atoms with Crippen LogP contribution in [0.15, 0.2) is 12.1 Å². The van der Waals surface area contributed by atoms with Gasteiger partial charge in [0.05, 0.1) is 15.1 Å². The number of hydrogen-bond donors (Lipinski definition) is 0. The zero-order valence-electron chi connectivity index (χ0n) is 6.83. The van der Waals surface area contributed by atoms with Crippen molar-refractivity contribution in [3.63, 3.8) is 0 Å². The predicted octanol–water partition coefficient (Wildman–Crippen LogP) is 4.39. The highest BCUT2D eigenvalue weighted by Crippen LogP contribution is 2.32. The predicted molar refractivity (Wildman–Crippen MR) is 51.9 cm³/mol. The van der Waals surface area contributed by atoms with Gasteiger partial charge in [0.1, 0.15) is 0 Å². The van der Waals surface area contributed by atoms with Crippen LogP contribution >= 0.6 is 34.8 Å². The summed E-state index contributed by atoms with van der Waals surface area (Å²) in [6.07, 6.45) is -4.99. The van der Waals surface area contributed by atoms with Gasteiger partial charge in [0, 0.05) is 5.56 Å². The van der Waals surface area contributed by atoms with Crippen molar-refractivity contribution in [1.29, 1.82) is 0 Å². The fourth-order valence-corrected chi connectivity index (χ4v) is 1.48. The number of benzene rings is 1. The number of alkyl halides is 3. The van der Waals surface area contributed by atoms with Crippen LogP contribution in [0.4, 0.5) is 13.2 Å². The number of carbonyl (C=O) groups excluding carboxylic acids is 1. The third kappa shape index (κ3) is 2.77. The Morgan fingerprint density at radius 3 is 1.93 bits per heavy atom. The van der Waals surface area contributed by atoms with E-state index in [0.717, 1.165) is 12.1 Å². The summed E-state index contributed by atoms with van der Waals surface area (Å²) in [5, 5.41) is -0.555. The Hall–Kier alpha value is -0.450. The van der Waals surface area contributed by atoms with Gasteiger partial charge in [0.25, 0.3) is 5.78 Å². The smallest absolute Gasteiger partial charge is 0.284 e. The van der Waals surface area contributed by atoms with Gasteiger partial charge in [-0.15, -0.1) is 0 Å². The average molecular weight is 277 g/mol. The minimum Gasteiger partial charge on any atom is -0.284 e. The molecule has 0 amide bonds. The van der Waals surface area contributed by atoms with Gasteiger partial charge in [-0.2, -0.15) is 13.2 Å². The van der Waals surface area contributed by atoms with Crippen molar-refractivity contribution in [2.75, 3.05) is 0 Å². The first-order valence-electron chi connectivity index (χ1n) is 3.49. The average Bonchev–Trinajstić information content (AvgIpc) is 2.08. The van der Waals surface area contributed by atoms with E-state index in [1.54, 1.807) is 0 Å². The third-order valence-corrected chi connectivity index (χ3v) is 2.55. The number of halogens is 6. The Morgan fingerprint density at radius 2 is 1.47 bits per heavy atom. The number of hydrogen-bond acceptors (Lipinski definition) is 1. The number of rotatable bonds is 1. The van der Waals surface area contributed by atoms with Crippen molar-refractivity contribution in [2.24, 2.45) is 0 Å². The van der Waals surface area contributed by atoms with E-state index in [9.17, 15) is 18.0 Å². The molecule has 0 unspecified atom stereocenters. The molecule has 0 spiro atoms. The minimum absolute atomic E-state index is 0.0135. The van der Waals surface area contributed by atoms with Gasteiger partial charge in [0.15, 0.2) is 0 Å². The molecule has 0 atom stereocenters. The molecule has 1 rings (SSSR count). The van der Waals surface area contributed by atoms with Gasteiger partial charge in [-0.25, -0.2) is 0 Å². The fourth-order valence-electron chi connectivity index (χ4n) is 0.849. The summed E-state index contributed by atoms with van der Waals surface area (Å²) in [4.78, 5) is 10.8.